The normalized spacial score (nSPS) is 24.6. The van der Waals surface area contributed by atoms with Crippen LogP contribution in [-0.4, -0.2) is 34.7 Å². The Bertz CT molecular complexity index is 757. The van der Waals surface area contributed by atoms with Gasteiger partial charge in [0.05, 0.1) is 6.04 Å². The average Bonchev–Trinajstić information content (AvgIpc) is 3.35. The average molecular weight is 368 g/mol. The highest BCUT2D eigenvalue weighted by Crippen LogP contribution is 2.33. The van der Waals surface area contributed by atoms with Crippen LogP contribution in [0.15, 0.2) is 28.8 Å². The summed E-state index contributed by atoms with van der Waals surface area (Å²) >= 11 is 0. The second-order valence-electron chi connectivity index (χ2n) is 7.71. The largest absolute Gasteiger partial charge is 0.354 e. The first-order valence-electron chi connectivity index (χ1n) is 10.2. The minimum Gasteiger partial charge on any atom is -0.354 e. The first kappa shape index (κ1) is 18.2. The van der Waals surface area contributed by atoms with E-state index in [-0.39, 0.29) is 11.9 Å². The molecule has 144 valence electrons. The molecule has 1 saturated carbocycles. The van der Waals surface area contributed by atoms with Gasteiger partial charge in [-0.15, -0.1) is 0 Å². The Kier molecular flexibility index (Phi) is 5.53. The van der Waals surface area contributed by atoms with Crippen molar-refractivity contribution >= 4 is 5.91 Å². The predicted molar refractivity (Wildman–Crippen MR) is 103 cm³/mol. The Balaban J connectivity index is 1.25. The molecule has 2 aliphatic rings. The molecule has 3 unspecified atom stereocenters. The third kappa shape index (κ3) is 4.21. The van der Waals surface area contributed by atoms with Crippen LogP contribution in [0, 0.1) is 5.92 Å². The molecule has 0 bridgehead atoms. The number of amides is 1. The first-order chi connectivity index (χ1) is 13.2. The summed E-state index contributed by atoms with van der Waals surface area (Å²) in [6, 6.07) is 8.64. The van der Waals surface area contributed by atoms with E-state index in [1.54, 1.807) is 0 Å². The summed E-state index contributed by atoms with van der Waals surface area (Å²) in [5.41, 5.74) is 2.11. The number of fused-ring (bicyclic) bond motifs is 1. The maximum atomic E-state index is 12.4. The molecule has 0 radical (unpaired) electrons. The maximum absolute atomic E-state index is 12.4. The van der Waals surface area contributed by atoms with Gasteiger partial charge in [0.1, 0.15) is 0 Å². The molecular formula is C21H28N4O2. The Morgan fingerprint density at radius 3 is 2.81 bits per heavy atom. The zero-order valence-corrected chi connectivity index (χ0v) is 15.9. The molecule has 1 saturated heterocycles. The van der Waals surface area contributed by atoms with Crippen molar-refractivity contribution in [3.63, 3.8) is 0 Å². The van der Waals surface area contributed by atoms with Crippen molar-refractivity contribution in [2.75, 3.05) is 6.54 Å². The van der Waals surface area contributed by atoms with Gasteiger partial charge in [-0.05, 0) is 49.3 Å². The SMILES string of the molecule is CCc1noc(-c2ccc(CCNC(=O)C3CC4CCCCC4N3)cc2)n1. The van der Waals surface area contributed by atoms with E-state index in [1.807, 2.05) is 19.1 Å². The van der Waals surface area contributed by atoms with E-state index >= 15 is 0 Å². The molecule has 6 heteroatoms. The smallest absolute Gasteiger partial charge is 0.257 e. The molecule has 4 rings (SSSR count). The Hall–Kier alpha value is -2.21. The van der Waals surface area contributed by atoms with Crippen molar-refractivity contribution in [1.82, 2.24) is 20.8 Å². The number of benzene rings is 1. The van der Waals surface area contributed by atoms with Crippen LogP contribution in [-0.2, 0) is 17.6 Å². The zero-order chi connectivity index (χ0) is 18.6. The fourth-order valence-electron chi connectivity index (χ4n) is 4.30. The van der Waals surface area contributed by atoms with Gasteiger partial charge < -0.3 is 15.2 Å². The lowest BCUT2D eigenvalue weighted by Gasteiger charge is -2.24. The molecular weight excluding hydrogens is 340 g/mol. The number of aromatic nitrogens is 2. The molecule has 1 amide bonds. The predicted octanol–water partition coefficient (Wildman–Crippen LogP) is 2.88. The van der Waals surface area contributed by atoms with Crippen LogP contribution in [0.1, 0.15) is 50.4 Å². The molecule has 0 spiro atoms. The molecule has 1 aromatic carbocycles. The highest BCUT2D eigenvalue weighted by molar-refractivity contribution is 5.82. The van der Waals surface area contributed by atoms with Gasteiger partial charge in [-0.3, -0.25) is 4.79 Å². The highest BCUT2D eigenvalue weighted by atomic mass is 16.5. The molecule has 1 aliphatic heterocycles. The molecule has 1 aliphatic carbocycles. The van der Waals surface area contributed by atoms with Crippen molar-refractivity contribution in [3.05, 3.63) is 35.7 Å². The zero-order valence-electron chi connectivity index (χ0n) is 15.9. The van der Waals surface area contributed by atoms with Crippen LogP contribution in [0.5, 0.6) is 0 Å². The van der Waals surface area contributed by atoms with Gasteiger partial charge in [0.2, 0.25) is 5.91 Å². The van der Waals surface area contributed by atoms with Gasteiger partial charge in [-0.25, -0.2) is 0 Å². The van der Waals surface area contributed by atoms with E-state index in [4.69, 9.17) is 4.52 Å². The molecule has 2 aromatic rings. The number of aryl methyl sites for hydroxylation is 1. The van der Waals surface area contributed by atoms with Gasteiger partial charge in [-0.1, -0.05) is 37.1 Å². The summed E-state index contributed by atoms with van der Waals surface area (Å²) in [5, 5.41) is 10.6. The van der Waals surface area contributed by atoms with E-state index in [2.05, 4.69) is 32.9 Å². The second kappa shape index (κ2) is 8.21. The van der Waals surface area contributed by atoms with Gasteiger partial charge in [0, 0.05) is 24.6 Å². The minimum absolute atomic E-state index is 0.00855. The fourth-order valence-corrected chi connectivity index (χ4v) is 4.30. The third-order valence-corrected chi connectivity index (χ3v) is 5.88. The number of carbonyl (C=O) groups is 1. The van der Waals surface area contributed by atoms with E-state index in [0.29, 0.717) is 24.4 Å². The number of rotatable bonds is 6. The second-order valence-corrected chi connectivity index (χ2v) is 7.71. The lowest BCUT2D eigenvalue weighted by molar-refractivity contribution is -0.122. The Morgan fingerprint density at radius 1 is 1.26 bits per heavy atom. The van der Waals surface area contributed by atoms with E-state index in [9.17, 15) is 4.79 Å². The molecule has 2 heterocycles. The summed E-state index contributed by atoms with van der Waals surface area (Å²) in [7, 11) is 0. The first-order valence-corrected chi connectivity index (χ1v) is 10.2. The molecule has 6 nitrogen and oxygen atoms in total. The summed E-state index contributed by atoms with van der Waals surface area (Å²) in [6.07, 6.45) is 7.68. The van der Waals surface area contributed by atoms with Gasteiger partial charge in [0.15, 0.2) is 5.82 Å². The minimum atomic E-state index is -0.00855. The molecule has 2 fully saturated rings. The third-order valence-electron chi connectivity index (χ3n) is 5.88. The van der Waals surface area contributed by atoms with E-state index in [1.165, 1.54) is 31.2 Å². The Morgan fingerprint density at radius 2 is 2.07 bits per heavy atom. The Labute approximate surface area is 160 Å². The van der Waals surface area contributed by atoms with Crippen molar-refractivity contribution in [3.8, 4) is 11.5 Å². The van der Waals surface area contributed by atoms with Crippen LogP contribution in [0.3, 0.4) is 0 Å². The lowest BCUT2D eigenvalue weighted by atomic mass is 9.85. The number of hydrogen-bond acceptors (Lipinski definition) is 5. The number of hydrogen-bond donors (Lipinski definition) is 2. The van der Waals surface area contributed by atoms with E-state index in [0.717, 1.165) is 30.7 Å². The number of nitrogens with one attached hydrogen (secondary N) is 2. The molecule has 2 N–H and O–H groups in total. The van der Waals surface area contributed by atoms with Crippen molar-refractivity contribution in [2.45, 2.75) is 64.0 Å². The summed E-state index contributed by atoms with van der Waals surface area (Å²) in [4.78, 5) is 16.8. The fraction of sp³-hybridized carbons (Fsp3) is 0.571. The van der Waals surface area contributed by atoms with Gasteiger partial charge in [0.25, 0.3) is 5.89 Å². The number of carbonyl (C=O) groups excluding carboxylic acids is 1. The van der Waals surface area contributed by atoms with Crippen molar-refractivity contribution < 1.29 is 9.32 Å². The van der Waals surface area contributed by atoms with Gasteiger partial charge in [-0.2, -0.15) is 4.98 Å². The van der Waals surface area contributed by atoms with Crippen LogP contribution in [0.2, 0.25) is 0 Å². The monoisotopic (exact) mass is 368 g/mol. The molecule has 1 aromatic heterocycles. The quantitative estimate of drug-likeness (QED) is 0.819. The van der Waals surface area contributed by atoms with Crippen LogP contribution in [0.25, 0.3) is 11.5 Å². The summed E-state index contributed by atoms with van der Waals surface area (Å²) < 4.78 is 5.27. The maximum Gasteiger partial charge on any atom is 0.257 e. The molecule has 27 heavy (non-hydrogen) atoms. The highest BCUT2D eigenvalue weighted by Gasteiger charge is 2.37. The van der Waals surface area contributed by atoms with Crippen molar-refractivity contribution in [1.29, 1.82) is 0 Å². The summed E-state index contributed by atoms with van der Waals surface area (Å²) in [6.45, 7) is 2.66. The standard InChI is InChI=1S/C21H28N4O2/c1-2-19-24-21(27-25-19)15-9-7-14(8-10-15)11-12-22-20(26)18-13-16-5-3-4-6-17(16)23-18/h7-10,16-18,23H,2-6,11-13H2,1H3,(H,22,26). The summed E-state index contributed by atoms with van der Waals surface area (Å²) in [5.74, 6) is 2.12. The van der Waals surface area contributed by atoms with Crippen molar-refractivity contribution in [2.24, 2.45) is 5.92 Å². The van der Waals surface area contributed by atoms with Crippen LogP contribution in [0.4, 0.5) is 0 Å². The van der Waals surface area contributed by atoms with E-state index < -0.39 is 0 Å². The van der Waals surface area contributed by atoms with Crippen LogP contribution >= 0.6 is 0 Å². The topological polar surface area (TPSA) is 80.0 Å². The van der Waals surface area contributed by atoms with Gasteiger partial charge >= 0.3 is 0 Å². The number of nitrogens with zero attached hydrogens (tertiary/aromatic N) is 2. The lowest BCUT2D eigenvalue weighted by Crippen LogP contribution is -2.43. The van der Waals surface area contributed by atoms with Crippen LogP contribution < -0.4 is 10.6 Å². The molecule has 3 atom stereocenters.